The van der Waals surface area contributed by atoms with E-state index >= 15 is 0 Å². The Morgan fingerprint density at radius 2 is 1.80 bits per heavy atom. The predicted molar refractivity (Wildman–Crippen MR) is 99.1 cm³/mol. The summed E-state index contributed by atoms with van der Waals surface area (Å²) in [7, 11) is 0. The van der Waals surface area contributed by atoms with Gasteiger partial charge < -0.3 is 10.0 Å². The zero-order valence-electron chi connectivity index (χ0n) is 14.4. The molecule has 2 aliphatic rings. The summed E-state index contributed by atoms with van der Waals surface area (Å²) in [5.74, 6) is -0.702. The number of fused-ring (bicyclic) bond motifs is 5. The number of piperazine rings is 1. The molecule has 4 nitrogen and oxygen atoms in total. The van der Waals surface area contributed by atoms with Crippen LogP contribution in [0.25, 0.3) is 0 Å². The first-order valence-corrected chi connectivity index (χ1v) is 9.09. The van der Waals surface area contributed by atoms with E-state index in [-0.39, 0.29) is 6.42 Å². The average molecular weight is 336 g/mol. The molecule has 25 heavy (non-hydrogen) atoms. The summed E-state index contributed by atoms with van der Waals surface area (Å²) in [6, 6.07) is 17.9. The Kier molecular flexibility index (Phi) is 4.45. The lowest BCUT2D eigenvalue weighted by atomic mass is 9.96. The van der Waals surface area contributed by atoms with Crippen molar-refractivity contribution in [3.05, 3.63) is 65.2 Å². The molecule has 2 aromatic rings. The number of carboxylic acids is 1. The van der Waals surface area contributed by atoms with Crippen LogP contribution in [0.5, 0.6) is 0 Å². The van der Waals surface area contributed by atoms with Gasteiger partial charge in [0.2, 0.25) is 0 Å². The van der Waals surface area contributed by atoms with Crippen LogP contribution in [0.3, 0.4) is 0 Å². The minimum Gasteiger partial charge on any atom is -0.481 e. The molecule has 1 N–H and O–H groups in total. The van der Waals surface area contributed by atoms with Crippen molar-refractivity contribution in [2.24, 2.45) is 0 Å². The summed E-state index contributed by atoms with van der Waals surface area (Å²) in [6.07, 6.45) is 1.96. The van der Waals surface area contributed by atoms with E-state index in [0.29, 0.717) is 6.04 Å². The second-order valence-corrected chi connectivity index (χ2v) is 7.01. The number of nitrogens with zero attached hydrogens (tertiary/aromatic N) is 2. The van der Waals surface area contributed by atoms with Gasteiger partial charge in [0.25, 0.3) is 0 Å². The summed E-state index contributed by atoms with van der Waals surface area (Å²) in [5.41, 5.74) is 5.59. The van der Waals surface area contributed by atoms with Crippen LogP contribution in [-0.2, 0) is 11.2 Å². The highest BCUT2D eigenvalue weighted by Gasteiger charge is 2.32. The summed E-state index contributed by atoms with van der Waals surface area (Å²) in [6.45, 7) is 3.81. The zero-order valence-corrected chi connectivity index (χ0v) is 14.4. The number of carboxylic acid groups (broad SMARTS) is 1. The molecule has 130 valence electrons. The van der Waals surface area contributed by atoms with Gasteiger partial charge in [-0.1, -0.05) is 42.5 Å². The van der Waals surface area contributed by atoms with Crippen molar-refractivity contribution in [3.8, 4) is 0 Å². The van der Waals surface area contributed by atoms with E-state index in [4.69, 9.17) is 5.11 Å². The fourth-order valence-electron chi connectivity index (χ4n) is 4.22. The second-order valence-electron chi connectivity index (χ2n) is 7.01. The van der Waals surface area contributed by atoms with E-state index in [9.17, 15) is 4.79 Å². The van der Waals surface area contributed by atoms with Gasteiger partial charge in [-0.3, -0.25) is 9.69 Å². The number of benzene rings is 2. The molecule has 0 radical (unpaired) electrons. The van der Waals surface area contributed by atoms with Gasteiger partial charge in [0.15, 0.2) is 0 Å². The van der Waals surface area contributed by atoms with Gasteiger partial charge in [-0.25, -0.2) is 0 Å². The lowest BCUT2D eigenvalue weighted by Gasteiger charge is -2.43. The first-order chi connectivity index (χ1) is 12.2. The molecule has 0 aliphatic carbocycles. The second kappa shape index (κ2) is 6.89. The van der Waals surface area contributed by atoms with Gasteiger partial charge in [0.1, 0.15) is 0 Å². The van der Waals surface area contributed by atoms with E-state index in [1.54, 1.807) is 0 Å². The highest BCUT2D eigenvalue weighted by atomic mass is 16.4. The summed E-state index contributed by atoms with van der Waals surface area (Å²) >= 11 is 0. The maximum Gasteiger partial charge on any atom is 0.303 e. The van der Waals surface area contributed by atoms with Crippen LogP contribution in [0.1, 0.15) is 35.6 Å². The first-order valence-electron chi connectivity index (χ1n) is 9.09. The summed E-state index contributed by atoms with van der Waals surface area (Å²) in [4.78, 5) is 15.8. The highest BCUT2D eigenvalue weighted by molar-refractivity contribution is 5.66. The Morgan fingerprint density at radius 1 is 1.04 bits per heavy atom. The molecule has 1 saturated heterocycles. The summed E-state index contributed by atoms with van der Waals surface area (Å²) in [5, 5.41) is 8.88. The smallest absolute Gasteiger partial charge is 0.303 e. The third-order valence-corrected chi connectivity index (χ3v) is 5.43. The van der Waals surface area contributed by atoms with Crippen LogP contribution in [0.15, 0.2) is 48.5 Å². The van der Waals surface area contributed by atoms with Crippen LogP contribution in [0.4, 0.5) is 5.69 Å². The predicted octanol–water partition coefficient (Wildman–Crippen LogP) is 3.32. The normalized spacial score (nSPS) is 19.5. The van der Waals surface area contributed by atoms with E-state index in [0.717, 1.165) is 39.0 Å². The van der Waals surface area contributed by atoms with Crippen molar-refractivity contribution in [2.45, 2.75) is 25.3 Å². The van der Waals surface area contributed by atoms with E-state index in [2.05, 4.69) is 58.3 Å². The molecular weight excluding hydrogens is 312 g/mol. The number of aliphatic carboxylic acids is 1. The monoisotopic (exact) mass is 336 g/mol. The maximum absolute atomic E-state index is 10.8. The van der Waals surface area contributed by atoms with Crippen molar-refractivity contribution >= 4 is 11.7 Å². The minimum absolute atomic E-state index is 0.254. The molecule has 0 amide bonds. The Hall–Kier alpha value is -2.33. The number of hydrogen-bond acceptors (Lipinski definition) is 3. The molecule has 2 aromatic carbocycles. The number of anilines is 1. The Morgan fingerprint density at radius 3 is 2.64 bits per heavy atom. The van der Waals surface area contributed by atoms with Crippen LogP contribution >= 0.6 is 0 Å². The quantitative estimate of drug-likeness (QED) is 0.930. The van der Waals surface area contributed by atoms with Crippen LogP contribution in [0, 0.1) is 0 Å². The summed E-state index contributed by atoms with van der Waals surface area (Å²) < 4.78 is 0. The fourth-order valence-corrected chi connectivity index (χ4v) is 4.22. The van der Waals surface area contributed by atoms with Gasteiger partial charge in [-0.2, -0.15) is 0 Å². The van der Waals surface area contributed by atoms with Gasteiger partial charge in [-0.15, -0.1) is 0 Å². The molecule has 2 aliphatic heterocycles. The molecule has 0 aromatic heterocycles. The largest absolute Gasteiger partial charge is 0.481 e. The molecule has 4 rings (SSSR count). The van der Waals surface area contributed by atoms with Crippen LogP contribution < -0.4 is 4.90 Å². The Balaban J connectivity index is 1.62. The Labute approximate surface area is 148 Å². The average Bonchev–Trinajstić information content (AvgIpc) is 2.76. The van der Waals surface area contributed by atoms with Gasteiger partial charge in [-0.05, 0) is 42.1 Å². The topological polar surface area (TPSA) is 43.8 Å². The molecule has 1 atom stereocenters. The molecule has 0 unspecified atom stereocenters. The number of para-hydroxylation sites is 1. The first kappa shape index (κ1) is 16.2. The molecule has 0 spiro atoms. The van der Waals surface area contributed by atoms with Gasteiger partial charge >= 0.3 is 5.97 Å². The third-order valence-electron chi connectivity index (χ3n) is 5.43. The zero-order chi connectivity index (χ0) is 17.2. The maximum atomic E-state index is 10.8. The van der Waals surface area contributed by atoms with Crippen molar-refractivity contribution in [2.75, 3.05) is 31.1 Å². The Bertz CT molecular complexity index is 774. The van der Waals surface area contributed by atoms with Gasteiger partial charge in [0, 0.05) is 31.7 Å². The number of hydrogen-bond donors (Lipinski definition) is 1. The lowest BCUT2D eigenvalue weighted by molar-refractivity contribution is -0.137. The van der Waals surface area contributed by atoms with Crippen molar-refractivity contribution in [3.63, 3.8) is 0 Å². The van der Waals surface area contributed by atoms with E-state index < -0.39 is 5.97 Å². The van der Waals surface area contributed by atoms with Crippen LogP contribution in [-0.4, -0.2) is 42.2 Å². The number of carbonyl (C=O) groups is 1. The highest BCUT2D eigenvalue weighted by Crippen LogP contribution is 2.39. The third kappa shape index (κ3) is 3.27. The standard InChI is InChI=1S/C21H24N2O2/c24-21(25)10-5-11-22-12-13-23-19-9-4-2-7-17(19)14-16-6-1-3-8-18(16)20(23)15-22/h1-4,6-9,20H,5,10-15H2,(H,24,25)/t20-/m0/s1. The number of rotatable bonds is 4. The molecule has 0 bridgehead atoms. The van der Waals surface area contributed by atoms with E-state index in [1.807, 2.05) is 0 Å². The minimum atomic E-state index is -0.702. The molecule has 4 heteroatoms. The van der Waals surface area contributed by atoms with Crippen LogP contribution in [0.2, 0.25) is 0 Å². The van der Waals surface area contributed by atoms with Gasteiger partial charge in [0.05, 0.1) is 6.04 Å². The van der Waals surface area contributed by atoms with Crippen molar-refractivity contribution in [1.29, 1.82) is 0 Å². The fraction of sp³-hybridized carbons (Fsp3) is 0.381. The SMILES string of the molecule is O=C(O)CCCN1CCN2c3ccccc3Cc3ccccc3[C@@H]2C1. The molecular formula is C21H24N2O2. The molecule has 2 heterocycles. The molecule has 1 fully saturated rings. The van der Waals surface area contributed by atoms with Crippen molar-refractivity contribution in [1.82, 2.24) is 4.90 Å². The van der Waals surface area contributed by atoms with E-state index in [1.165, 1.54) is 22.4 Å². The van der Waals surface area contributed by atoms with Crippen molar-refractivity contribution < 1.29 is 9.90 Å². The lowest BCUT2D eigenvalue weighted by Crippen LogP contribution is -2.48. The molecule has 0 saturated carbocycles.